The third-order valence-corrected chi connectivity index (χ3v) is 1.41. The van der Waals surface area contributed by atoms with Crippen LogP contribution in [0.2, 0.25) is 5.15 Å². The van der Waals surface area contributed by atoms with Crippen LogP contribution in [0.15, 0.2) is 11.1 Å². The molecule has 5 heteroatoms. The largest absolute Gasteiger partial charge is 0.369 e. The Kier molecular flexibility index (Phi) is 3.19. The molecule has 0 saturated carbocycles. The molecule has 13 heavy (non-hydrogen) atoms. The molecule has 0 bridgehead atoms. The highest BCUT2D eigenvalue weighted by atomic mass is 35.5. The molecule has 0 fully saturated rings. The van der Waals surface area contributed by atoms with Crippen molar-refractivity contribution in [2.45, 2.75) is 6.92 Å². The van der Waals surface area contributed by atoms with Crippen molar-refractivity contribution in [1.29, 1.82) is 0 Å². The first-order valence-corrected chi connectivity index (χ1v) is 4.17. The molecule has 0 aromatic carbocycles. The monoisotopic (exact) mass is 198 g/mol. The third-order valence-electron chi connectivity index (χ3n) is 1.22. The van der Waals surface area contributed by atoms with E-state index in [9.17, 15) is 0 Å². The first-order chi connectivity index (χ1) is 6.08. The molecule has 0 N–H and O–H groups in total. The van der Waals surface area contributed by atoms with Gasteiger partial charge in [-0.05, 0) is 13.0 Å². The highest BCUT2D eigenvalue weighted by Crippen LogP contribution is 2.11. The number of nitrogens with zero attached hydrogens (tertiary/aromatic N) is 4. The van der Waals surface area contributed by atoms with Gasteiger partial charge in [0, 0.05) is 19.8 Å². The summed E-state index contributed by atoms with van der Waals surface area (Å²) in [6.45, 7) is 1.85. The second-order valence-electron chi connectivity index (χ2n) is 2.84. The zero-order chi connectivity index (χ0) is 9.84. The molecule has 0 spiro atoms. The van der Waals surface area contributed by atoms with E-state index in [-0.39, 0.29) is 0 Å². The molecular formula is C8H11ClN4. The second-order valence-corrected chi connectivity index (χ2v) is 3.23. The number of rotatable bonds is 2. The van der Waals surface area contributed by atoms with E-state index in [2.05, 4.69) is 15.0 Å². The Morgan fingerprint density at radius 3 is 2.69 bits per heavy atom. The molecule has 0 radical (unpaired) electrons. The molecule has 0 aliphatic carbocycles. The number of halogens is 1. The van der Waals surface area contributed by atoms with E-state index in [4.69, 9.17) is 11.6 Å². The number of aromatic nitrogens is 2. The van der Waals surface area contributed by atoms with E-state index in [1.165, 1.54) is 0 Å². The molecule has 0 atom stereocenters. The smallest absolute Gasteiger partial charge is 0.252 e. The lowest BCUT2D eigenvalue weighted by Gasteiger charge is -2.01. The summed E-state index contributed by atoms with van der Waals surface area (Å²) in [4.78, 5) is 13.8. The molecule has 0 saturated heterocycles. The maximum atomic E-state index is 5.73. The zero-order valence-electron chi connectivity index (χ0n) is 7.82. The summed E-state index contributed by atoms with van der Waals surface area (Å²) >= 11 is 5.73. The first-order valence-electron chi connectivity index (χ1n) is 3.80. The van der Waals surface area contributed by atoms with E-state index in [1.54, 1.807) is 17.3 Å². The van der Waals surface area contributed by atoms with Crippen molar-refractivity contribution in [3.8, 4) is 0 Å². The Bertz CT molecular complexity index is 302. The molecule has 1 aromatic rings. The Hall–Kier alpha value is -1.16. The molecule has 1 aromatic heterocycles. The maximum Gasteiger partial charge on any atom is 0.252 e. The highest BCUT2D eigenvalue weighted by Gasteiger charge is 1.96. The van der Waals surface area contributed by atoms with Crippen molar-refractivity contribution in [1.82, 2.24) is 14.9 Å². The molecule has 1 heterocycles. The van der Waals surface area contributed by atoms with Crippen molar-refractivity contribution in [3.63, 3.8) is 0 Å². The molecule has 1 rings (SSSR count). The molecule has 70 valence electrons. The van der Waals surface area contributed by atoms with Gasteiger partial charge in [0.25, 0.3) is 5.95 Å². The van der Waals surface area contributed by atoms with Crippen LogP contribution in [0, 0.1) is 6.92 Å². The first kappa shape index (κ1) is 9.92. The Labute approximate surface area is 82.3 Å². The lowest BCUT2D eigenvalue weighted by Crippen LogP contribution is -2.07. The summed E-state index contributed by atoms with van der Waals surface area (Å²) in [6.07, 6.45) is 1.63. The van der Waals surface area contributed by atoms with Gasteiger partial charge in [-0.2, -0.15) is 4.98 Å². The van der Waals surface area contributed by atoms with Crippen LogP contribution in [-0.2, 0) is 0 Å². The van der Waals surface area contributed by atoms with Crippen LogP contribution in [0.5, 0.6) is 0 Å². The van der Waals surface area contributed by atoms with Gasteiger partial charge in [0.1, 0.15) is 5.15 Å². The van der Waals surface area contributed by atoms with Crippen molar-refractivity contribution in [2.75, 3.05) is 14.1 Å². The number of aryl methyl sites for hydroxylation is 1. The second kappa shape index (κ2) is 4.18. The van der Waals surface area contributed by atoms with Crippen LogP contribution < -0.4 is 0 Å². The van der Waals surface area contributed by atoms with Gasteiger partial charge < -0.3 is 4.90 Å². The summed E-state index contributed by atoms with van der Waals surface area (Å²) < 4.78 is 0. The zero-order valence-corrected chi connectivity index (χ0v) is 8.58. The summed E-state index contributed by atoms with van der Waals surface area (Å²) in [5.74, 6) is 0.388. The van der Waals surface area contributed by atoms with Crippen LogP contribution in [0.4, 0.5) is 5.95 Å². The van der Waals surface area contributed by atoms with Crippen LogP contribution in [0.25, 0.3) is 0 Å². The SMILES string of the molecule is Cc1cc(Cl)nc(/N=C/N(C)C)n1. The van der Waals surface area contributed by atoms with Gasteiger partial charge in [-0.15, -0.1) is 0 Å². The van der Waals surface area contributed by atoms with E-state index in [0.29, 0.717) is 11.1 Å². The normalized spacial score (nSPS) is 10.8. The van der Waals surface area contributed by atoms with Gasteiger partial charge in [-0.1, -0.05) is 11.6 Å². The average molecular weight is 199 g/mol. The number of hydrogen-bond acceptors (Lipinski definition) is 3. The quantitative estimate of drug-likeness (QED) is 0.412. The Morgan fingerprint density at radius 1 is 1.46 bits per heavy atom. The molecule has 0 aliphatic heterocycles. The fourth-order valence-electron chi connectivity index (χ4n) is 0.740. The van der Waals surface area contributed by atoms with Gasteiger partial charge in [-0.25, -0.2) is 9.98 Å². The lowest BCUT2D eigenvalue weighted by molar-refractivity contribution is 0.642. The fraction of sp³-hybridized carbons (Fsp3) is 0.375. The van der Waals surface area contributed by atoms with Gasteiger partial charge in [0.15, 0.2) is 0 Å². The topological polar surface area (TPSA) is 41.4 Å². The maximum absolute atomic E-state index is 5.73. The molecule has 0 aliphatic rings. The minimum absolute atomic E-state index is 0.388. The van der Waals surface area contributed by atoms with Crippen molar-refractivity contribution in [2.24, 2.45) is 4.99 Å². The van der Waals surface area contributed by atoms with Gasteiger partial charge >= 0.3 is 0 Å². The number of aliphatic imine (C=N–C) groups is 1. The molecular weight excluding hydrogens is 188 g/mol. The Morgan fingerprint density at radius 2 is 2.15 bits per heavy atom. The van der Waals surface area contributed by atoms with Crippen LogP contribution >= 0.6 is 11.6 Å². The fourth-order valence-corrected chi connectivity index (χ4v) is 0.974. The van der Waals surface area contributed by atoms with Crippen LogP contribution in [0.1, 0.15) is 5.69 Å². The van der Waals surface area contributed by atoms with Gasteiger partial charge in [-0.3, -0.25) is 0 Å². The Balaban J connectivity index is 2.89. The minimum atomic E-state index is 0.388. The summed E-state index contributed by atoms with van der Waals surface area (Å²) in [6, 6.07) is 1.69. The summed E-state index contributed by atoms with van der Waals surface area (Å²) in [7, 11) is 3.75. The number of hydrogen-bond donors (Lipinski definition) is 0. The summed E-state index contributed by atoms with van der Waals surface area (Å²) in [5.41, 5.74) is 0.811. The summed E-state index contributed by atoms with van der Waals surface area (Å²) in [5, 5.41) is 0.415. The van der Waals surface area contributed by atoms with Crippen molar-refractivity contribution < 1.29 is 0 Å². The van der Waals surface area contributed by atoms with Gasteiger partial charge in [0.05, 0.1) is 6.34 Å². The molecule has 0 amide bonds. The van der Waals surface area contributed by atoms with E-state index < -0.39 is 0 Å². The molecule has 4 nitrogen and oxygen atoms in total. The van der Waals surface area contributed by atoms with E-state index >= 15 is 0 Å². The standard InChI is InChI=1S/C8H11ClN4/c1-6-4-7(9)12-8(11-6)10-5-13(2)3/h4-5H,1-3H3/b10-5+. The predicted octanol–water partition coefficient (Wildman–Crippen LogP) is 1.66. The average Bonchev–Trinajstić information content (AvgIpc) is 1.99. The minimum Gasteiger partial charge on any atom is -0.369 e. The van der Waals surface area contributed by atoms with Gasteiger partial charge in [0.2, 0.25) is 0 Å². The third kappa shape index (κ3) is 3.38. The van der Waals surface area contributed by atoms with Crippen molar-refractivity contribution in [3.05, 3.63) is 16.9 Å². The highest BCUT2D eigenvalue weighted by molar-refractivity contribution is 6.29. The van der Waals surface area contributed by atoms with Crippen LogP contribution in [-0.4, -0.2) is 35.3 Å². The van der Waals surface area contributed by atoms with E-state index in [0.717, 1.165) is 5.69 Å². The van der Waals surface area contributed by atoms with Crippen molar-refractivity contribution >= 4 is 23.9 Å². The van der Waals surface area contributed by atoms with E-state index in [1.807, 2.05) is 21.0 Å². The lowest BCUT2D eigenvalue weighted by atomic mass is 10.5. The van der Waals surface area contributed by atoms with Crippen LogP contribution in [0.3, 0.4) is 0 Å². The predicted molar refractivity (Wildman–Crippen MR) is 53.6 cm³/mol. The molecule has 0 unspecified atom stereocenters.